The smallest absolute Gasteiger partial charge is 0.240 e. The van der Waals surface area contributed by atoms with Gasteiger partial charge in [-0.1, -0.05) is 0 Å². The maximum absolute atomic E-state index is 11.2. The molecule has 0 spiro atoms. The number of hydrogen-bond acceptors (Lipinski definition) is 3. The molecule has 3 N–H and O–H groups in total. The van der Waals surface area contributed by atoms with E-state index in [0.717, 1.165) is 9.35 Å². The fraction of sp³-hybridized carbons (Fsp3) is 0.444. The molecule has 0 aromatic carbocycles. The molecule has 0 saturated heterocycles. The third-order valence-electron chi connectivity index (χ3n) is 1.69. The third-order valence-corrected chi connectivity index (χ3v) is 3.63. The molecule has 0 saturated carbocycles. The summed E-state index contributed by atoms with van der Waals surface area (Å²) in [5, 5.41) is 5.06. The van der Waals surface area contributed by atoms with E-state index < -0.39 is 6.04 Å². The van der Waals surface area contributed by atoms with Gasteiger partial charge in [0.15, 0.2) is 0 Å². The zero-order chi connectivity index (χ0) is 10.7. The highest BCUT2D eigenvalue weighted by Gasteiger charge is 2.21. The first-order valence-electron chi connectivity index (χ1n) is 4.30. The first kappa shape index (κ1) is 11.7. The zero-order valence-electron chi connectivity index (χ0n) is 8.08. The number of thiophene rings is 1. The summed E-state index contributed by atoms with van der Waals surface area (Å²) in [6.07, 6.45) is 0. The number of carbonyl (C=O) groups excluding carboxylic acids is 1. The molecule has 1 aromatic heterocycles. The Morgan fingerprint density at radius 1 is 1.64 bits per heavy atom. The van der Waals surface area contributed by atoms with Gasteiger partial charge in [-0.2, -0.15) is 0 Å². The SMILES string of the molecule is CC(C)NC(C(N)=O)c1sccc1Br. The molecule has 1 unspecified atom stereocenters. The normalized spacial score (nSPS) is 13.1. The van der Waals surface area contributed by atoms with Gasteiger partial charge in [-0.3, -0.25) is 10.1 Å². The second-order valence-corrected chi connectivity index (χ2v) is 5.09. The third kappa shape index (κ3) is 2.80. The quantitative estimate of drug-likeness (QED) is 0.884. The maximum atomic E-state index is 11.2. The van der Waals surface area contributed by atoms with Crippen molar-refractivity contribution >= 4 is 33.2 Å². The Balaban J connectivity index is 2.89. The van der Waals surface area contributed by atoms with Gasteiger partial charge in [0.25, 0.3) is 0 Å². The van der Waals surface area contributed by atoms with Crippen molar-refractivity contribution in [3.63, 3.8) is 0 Å². The van der Waals surface area contributed by atoms with Crippen LogP contribution in [0.25, 0.3) is 0 Å². The van der Waals surface area contributed by atoms with Crippen LogP contribution in [0.1, 0.15) is 24.8 Å². The van der Waals surface area contributed by atoms with Crippen LogP contribution in [-0.2, 0) is 4.79 Å². The molecular formula is C9H13BrN2OS. The molecule has 5 heteroatoms. The van der Waals surface area contributed by atoms with Crippen LogP contribution >= 0.6 is 27.3 Å². The average Bonchev–Trinajstić information content (AvgIpc) is 2.46. The van der Waals surface area contributed by atoms with Crippen molar-refractivity contribution in [3.8, 4) is 0 Å². The molecule has 0 fully saturated rings. The Kier molecular flexibility index (Phi) is 4.10. The summed E-state index contributed by atoms with van der Waals surface area (Å²) in [4.78, 5) is 12.2. The van der Waals surface area contributed by atoms with Crippen LogP contribution < -0.4 is 11.1 Å². The Labute approximate surface area is 95.8 Å². The molecule has 0 aliphatic heterocycles. The number of nitrogens with one attached hydrogen (secondary N) is 1. The molecule has 3 nitrogen and oxygen atoms in total. The van der Waals surface area contributed by atoms with Crippen molar-refractivity contribution in [1.82, 2.24) is 5.32 Å². The molecule has 1 amide bonds. The van der Waals surface area contributed by atoms with Crippen LogP contribution in [0.4, 0.5) is 0 Å². The number of rotatable bonds is 4. The summed E-state index contributed by atoms with van der Waals surface area (Å²) in [6, 6.07) is 1.74. The highest BCUT2D eigenvalue weighted by atomic mass is 79.9. The Morgan fingerprint density at radius 2 is 2.29 bits per heavy atom. The van der Waals surface area contributed by atoms with Gasteiger partial charge in [0.05, 0.1) is 0 Å². The fourth-order valence-corrected chi connectivity index (χ4v) is 2.80. The molecule has 1 heterocycles. The standard InChI is InChI=1S/C9H13BrN2OS/c1-5(2)12-7(9(11)13)8-6(10)3-4-14-8/h3-5,7,12H,1-2H3,(H2,11,13). The molecule has 0 radical (unpaired) electrons. The van der Waals surface area contributed by atoms with E-state index in [2.05, 4.69) is 21.2 Å². The number of nitrogens with two attached hydrogens (primary N) is 1. The maximum Gasteiger partial charge on any atom is 0.240 e. The van der Waals surface area contributed by atoms with E-state index >= 15 is 0 Å². The van der Waals surface area contributed by atoms with Gasteiger partial charge in [0.1, 0.15) is 6.04 Å². The zero-order valence-corrected chi connectivity index (χ0v) is 10.5. The van der Waals surface area contributed by atoms with Crippen molar-refractivity contribution in [2.24, 2.45) is 5.73 Å². The molecular weight excluding hydrogens is 264 g/mol. The number of primary amides is 1. The molecule has 0 aliphatic carbocycles. The van der Waals surface area contributed by atoms with Crippen LogP contribution in [0, 0.1) is 0 Å². The molecule has 1 aromatic rings. The molecule has 0 bridgehead atoms. The minimum absolute atomic E-state index is 0.224. The van der Waals surface area contributed by atoms with Gasteiger partial charge in [-0.15, -0.1) is 11.3 Å². The number of amides is 1. The second kappa shape index (κ2) is 4.91. The summed E-state index contributed by atoms with van der Waals surface area (Å²) in [7, 11) is 0. The monoisotopic (exact) mass is 276 g/mol. The summed E-state index contributed by atoms with van der Waals surface area (Å²) < 4.78 is 0.930. The van der Waals surface area contributed by atoms with Gasteiger partial charge >= 0.3 is 0 Å². The molecule has 0 aliphatic rings. The predicted octanol–water partition coefficient (Wildman–Crippen LogP) is 2.04. The Morgan fingerprint density at radius 3 is 2.64 bits per heavy atom. The van der Waals surface area contributed by atoms with E-state index in [4.69, 9.17) is 5.73 Å². The van der Waals surface area contributed by atoms with Gasteiger partial charge in [-0.25, -0.2) is 0 Å². The second-order valence-electron chi connectivity index (χ2n) is 3.29. The van der Waals surface area contributed by atoms with Gasteiger partial charge in [0.2, 0.25) is 5.91 Å². The topological polar surface area (TPSA) is 55.1 Å². The van der Waals surface area contributed by atoms with Crippen molar-refractivity contribution in [2.75, 3.05) is 0 Å². The molecule has 1 rings (SSSR count). The van der Waals surface area contributed by atoms with Crippen molar-refractivity contribution in [3.05, 3.63) is 20.8 Å². The average molecular weight is 277 g/mol. The lowest BCUT2D eigenvalue weighted by Crippen LogP contribution is -2.37. The van der Waals surface area contributed by atoms with Crippen molar-refractivity contribution in [1.29, 1.82) is 0 Å². The summed E-state index contributed by atoms with van der Waals surface area (Å²) >= 11 is 4.91. The van der Waals surface area contributed by atoms with Crippen LogP contribution in [0.3, 0.4) is 0 Å². The van der Waals surface area contributed by atoms with Crippen molar-refractivity contribution < 1.29 is 4.79 Å². The number of halogens is 1. The number of carbonyl (C=O) groups is 1. The highest BCUT2D eigenvalue weighted by molar-refractivity contribution is 9.10. The van der Waals surface area contributed by atoms with E-state index in [0.29, 0.717) is 0 Å². The lowest BCUT2D eigenvalue weighted by Gasteiger charge is -2.17. The Hall–Kier alpha value is -0.390. The predicted molar refractivity (Wildman–Crippen MR) is 62.2 cm³/mol. The van der Waals surface area contributed by atoms with Crippen LogP contribution in [0.15, 0.2) is 15.9 Å². The van der Waals surface area contributed by atoms with E-state index in [1.807, 2.05) is 25.3 Å². The van der Waals surface area contributed by atoms with Crippen LogP contribution in [0.2, 0.25) is 0 Å². The minimum atomic E-state index is -0.399. The largest absolute Gasteiger partial charge is 0.368 e. The summed E-state index contributed by atoms with van der Waals surface area (Å²) in [5.41, 5.74) is 5.33. The van der Waals surface area contributed by atoms with E-state index in [9.17, 15) is 4.79 Å². The Bertz CT molecular complexity index is 324. The molecule has 14 heavy (non-hydrogen) atoms. The van der Waals surface area contributed by atoms with Gasteiger partial charge < -0.3 is 5.73 Å². The lowest BCUT2D eigenvalue weighted by molar-refractivity contribution is -0.120. The minimum Gasteiger partial charge on any atom is -0.368 e. The van der Waals surface area contributed by atoms with E-state index in [-0.39, 0.29) is 11.9 Å². The summed E-state index contributed by atoms with van der Waals surface area (Å²) in [6.45, 7) is 3.97. The van der Waals surface area contributed by atoms with E-state index in [1.54, 1.807) is 0 Å². The van der Waals surface area contributed by atoms with Crippen LogP contribution in [-0.4, -0.2) is 11.9 Å². The van der Waals surface area contributed by atoms with E-state index in [1.165, 1.54) is 11.3 Å². The fourth-order valence-electron chi connectivity index (χ4n) is 1.13. The highest BCUT2D eigenvalue weighted by Crippen LogP contribution is 2.29. The first-order chi connectivity index (χ1) is 6.52. The lowest BCUT2D eigenvalue weighted by atomic mass is 10.2. The van der Waals surface area contributed by atoms with Crippen LogP contribution in [0.5, 0.6) is 0 Å². The molecule has 78 valence electrons. The van der Waals surface area contributed by atoms with Crippen molar-refractivity contribution in [2.45, 2.75) is 25.9 Å². The summed E-state index contributed by atoms with van der Waals surface area (Å²) in [5.74, 6) is -0.346. The first-order valence-corrected chi connectivity index (χ1v) is 5.98. The van der Waals surface area contributed by atoms with Gasteiger partial charge in [0, 0.05) is 15.4 Å². The van der Waals surface area contributed by atoms with Gasteiger partial charge in [-0.05, 0) is 41.2 Å². The molecule has 1 atom stereocenters. The number of hydrogen-bond donors (Lipinski definition) is 2.